The lowest BCUT2D eigenvalue weighted by Gasteiger charge is -2.07. The maximum absolute atomic E-state index is 11.7. The summed E-state index contributed by atoms with van der Waals surface area (Å²) in [5, 5.41) is 0. The summed E-state index contributed by atoms with van der Waals surface area (Å²) in [5.41, 5.74) is 1.22. The number of esters is 1. The van der Waals surface area contributed by atoms with Crippen LogP contribution in [0.3, 0.4) is 0 Å². The van der Waals surface area contributed by atoms with Crippen molar-refractivity contribution in [3.63, 3.8) is 0 Å². The van der Waals surface area contributed by atoms with Gasteiger partial charge in [0.15, 0.2) is 0 Å². The van der Waals surface area contributed by atoms with E-state index in [1.807, 2.05) is 24.3 Å². The van der Waals surface area contributed by atoms with Gasteiger partial charge in [-0.15, -0.1) is 0 Å². The molecule has 0 aliphatic carbocycles. The SMILES string of the molecule is CCCCCCCCCCCCOC(=O)CCCOc1ccc(C)cc1. The van der Waals surface area contributed by atoms with Crippen LogP contribution < -0.4 is 4.74 Å². The van der Waals surface area contributed by atoms with Crippen molar-refractivity contribution < 1.29 is 14.3 Å². The first kappa shape index (κ1) is 22.5. The monoisotopic (exact) mass is 362 g/mol. The number of rotatable bonds is 16. The Morgan fingerprint density at radius 1 is 0.769 bits per heavy atom. The fourth-order valence-corrected chi connectivity index (χ4v) is 2.89. The molecule has 0 fully saturated rings. The quantitative estimate of drug-likeness (QED) is 0.245. The molecule has 0 atom stereocenters. The van der Waals surface area contributed by atoms with Crippen molar-refractivity contribution in [3.05, 3.63) is 29.8 Å². The Labute approximate surface area is 160 Å². The standard InChI is InChI=1S/C23H38O3/c1-3-4-5-6-7-8-9-10-11-12-19-26-23(24)14-13-20-25-22-17-15-21(2)16-18-22/h15-18H,3-14,19-20H2,1-2H3. The maximum Gasteiger partial charge on any atom is 0.305 e. The van der Waals surface area contributed by atoms with Crippen LogP contribution in [0, 0.1) is 6.92 Å². The van der Waals surface area contributed by atoms with Crippen LogP contribution in [0.2, 0.25) is 0 Å². The summed E-state index contributed by atoms with van der Waals surface area (Å²) in [5.74, 6) is 0.753. The molecule has 0 amide bonds. The van der Waals surface area contributed by atoms with Crippen LogP contribution in [0.25, 0.3) is 0 Å². The van der Waals surface area contributed by atoms with Crippen LogP contribution in [-0.4, -0.2) is 19.2 Å². The van der Waals surface area contributed by atoms with Crippen molar-refractivity contribution in [1.82, 2.24) is 0 Å². The predicted molar refractivity (Wildman–Crippen MR) is 109 cm³/mol. The van der Waals surface area contributed by atoms with Gasteiger partial charge in [-0.3, -0.25) is 4.79 Å². The second-order valence-electron chi connectivity index (χ2n) is 7.17. The molecule has 1 aromatic carbocycles. The first-order valence-electron chi connectivity index (χ1n) is 10.6. The van der Waals surface area contributed by atoms with Crippen molar-refractivity contribution in [2.75, 3.05) is 13.2 Å². The van der Waals surface area contributed by atoms with E-state index >= 15 is 0 Å². The molecular weight excluding hydrogens is 324 g/mol. The Morgan fingerprint density at radius 3 is 1.96 bits per heavy atom. The van der Waals surface area contributed by atoms with Gasteiger partial charge in [-0.05, 0) is 31.9 Å². The van der Waals surface area contributed by atoms with Crippen LogP contribution in [0.5, 0.6) is 5.75 Å². The lowest BCUT2D eigenvalue weighted by molar-refractivity contribution is -0.144. The number of carbonyl (C=O) groups is 1. The van der Waals surface area contributed by atoms with Gasteiger partial charge in [0, 0.05) is 6.42 Å². The number of aryl methyl sites for hydroxylation is 1. The molecular formula is C23H38O3. The van der Waals surface area contributed by atoms with Crippen molar-refractivity contribution in [1.29, 1.82) is 0 Å². The van der Waals surface area contributed by atoms with E-state index in [4.69, 9.17) is 9.47 Å². The average molecular weight is 363 g/mol. The fraction of sp³-hybridized carbons (Fsp3) is 0.696. The highest BCUT2D eigenvalue weighted by Crippen LogP contribution is 2.12. The summed E-state index contributed by atoms with van der Waals surface area (Å²) in [7, 11) is 0. The van der Waals surface area contributed by atoms with E-state index in [1.165, 1.54) is 63.4 Å². The van der Waals surface area contributed by atoms with E-state index in [0.29, 0.717) is 26.1 Å². The average Bonchev–Trinajstić information content (AvgIpc) is 2.65. The highest BCUT2D eigenvalue weighted by atomic mass is 16.5. The minimum atomic E-state index is -0.103. The highest BCUT2D eigenvalue weighted by molar-refractivity contribution is 5.69. The molecule has 1 aromatic rings. The molecule has 1 rings (SSSR count). The molecule has 26 heavy (non-hydrogen) atoms. The molecule has 0 bridgehead atoms. The molecule has 0 aliphatic heterocycles. The third-order valence-corrected chi connectivity index (χ3v) is 4.58. The van der Waals surface area contributed by atoms with E-state index in [0.717, 1.165) is 12.2 Å². The first-order chi connectivity index (χ1) is 12.7. The molecule has 0 saturated carbocycles. The van der Waals surface area contributed by atoms with E-state index in [9.17, 15) is 4.79 Å². The van der Waals surface area contributed by atoms with Gasteiger partial charge in [0.1, 0.15) is 5.75 Å². The Morgan fingerprint density at radius 2 is 1.35 bits per heavy atom. The van der Waals surface area contributed by atoms with Crippen molar-refractivity contribution in [2.24, 2.45) is 0 Å². The van der Waals surface area contributed by atoms with Gasteiger partial charge in [-0.25, -0.2) is 0 Å². The number of unbranched alkanes of at least 4 members (excludes halogenated alkanes) is 9. The lowest BCUT2D eigenvalue weighted by atomic mass is 10.1. The Hall–Kier alpha value is -1.51. The molecule has 3 nitrogen and oxygen atoms in total. The maximum atomic E-state index is 11.7. The van der Waals surface area contributed by atoms with Gasteiger partial charge in [-0.1, -0.05) is 82.4 Å². The third-order valence-electron chi connectivity index (χ3n) is 4.58. The van der Waals surface area contributed by atoms with Crippen LogP contribution in [0.4, 0.5) is 0 Å². The summed E-state index contributed by atoms with van der Waals surface area (Å²) < 4.78 is 10.9. The second-order valence-corrected chi connectivity index (χ2v) is 7.17. The minimum absolute atomic E-state index is 0.103. The van der Waals surface area contributed by atoms with Crippen molar-refractivity contribution >= 4 is 5.97 Å². The minimum Gasteiger partial charge on any atom is -0.494 e. The first-order valence-corrected chi connectivity index (χ1v) is 10.6. The van der Waals surface area contributed by atoms with Crippen LogP contribution in [0.15, 0.2) is 24.3 Å². The van der Waals surface area contributed by atoms with E-state index in [1.54, 1.807) is 0 Å². The van der Waals surface area contributed by atoms with Gasteiger partial charge in [-0.2, -0.15) is 0 Å². The zero-order chi connectivity index (χ0) is 18.9. The molecule has 0 unspecified atom stereocenters. The summed E-state index contributed by atoms with van der Waals surface area (Å²) in [4.78, 5) is 11.7. The molecule has 0 heterocycles. The summed E-state index contributed by atoms with van der Waals surface area (Å²) in [6.45, 7) is 5.42. The van der Waals surface area contributed by atoms with Gasteiger partial charge in [0.2, 0.25) is 0 Å². The molecule has 0 aromatic heterocycles. The van der Waals surface area contributed by atoms with Crippen LogP contribution >= 0.6 is 0 Å². The molecule has 148 valence electrons. The van der Waals surface area contributed by atoms with Crippen molar-refractivity contribution in [2.45, 2.75) is 90.9 Å². The van der Waals surface area contributed by atoms with Crippen LogP contribution in [-0.2, 0) is 9.53 Å². The Kier molecular flexibility index (Phi) is 13.6. The zero-order valence-corrected chi connectivity index (χ0v) is 16.9. The highest BCUT2D eigenvalue weighted by Gasteiger charge is 2.03. The smallest absolute Gasteiger partial charge is 0.305 e. The zero-order valence-electron chi connectivity index (χ0n) is 16.9. The fourth-order valence-electron chi connectivity index (χ4n) is 2.89. The van der Waals surface area contributed by atoms with Crippen molar-refractivity contribution in [3.8, 4) is 5.75 Å². The number of hydrogen-bond acceptors (Lipinski definition) is 3. The van der Waals surface area contributed by atoms with Gasteiger partial charge < -0.3 is 9.47 Å². The molecule has 3 heteroatoms. The van der Waals surface area contributed by atoms with E-state index < -0.39 is 0 Å². The lowest BCUT2D eigenvalue weighted by Crippen LogP contribution is -2.08. The molecule has 0 radical (unpaired) electrons. The van der Waals surface area contributed by atoms with E-state index in [-0.39, 0.29) is 5.97 Å². The van der Waals surface area contributed by atoms with Gasteiger partial charge >= 0.3 is 5.97 Å². The predicted octanol–water partition coefficient (Wildman–Crippen LogP) is 6.62. The normalized spacial score (nSPS) is 10.7. The summed E-state index contributed by atoms with van der Waals surface area (Å²) in [6.07, 6.45) is 14.1. The number of carbonyl (C=O) groups excluding carboxylic acids is 1. The number of benzene rings is 1. The largest absolute Gasteiger partial charge is 0.494 e. The Bertz CT molecular complexity index is 453. The third kappa shape index (κ3) is 12.8. The van der Waals surface area contributed by atoms with E-state index in [2.05, 4.69) is 13.8 Å². The number of ether oxygens (including phenoxy) is 2. The molecule has 0 N–H and O–H groups in total. The summed E-state index contributed by atoms with van der Waals surface area (Å²) >= 11 is 0. The van der Waals surface area contributed by atoms with Crippen LogP contribution in [0.1, 0.15) is 89.5 Å². The molecule has 0 aliphatic rings. The second kappa shape index (κ2) is 15.7. The summed E-state index contributed by atoms with van der Waals surface area (Å²) in [6, 6.07) is 7.96. The van der Waals surface area contributed by atoms with Gasteiger partial charge in [0.05, 0.1) is 13.2 Å². The topological polar surface area (TPSA) is 35.5 Å². The molecule has 0 saturated heterocycles. The molecule has 0 spiro atoms. The Balaban J connectivity index is 1.84. The van der Waals surface area contributed by atoms with Gasteiger partial charge in [0.25, 0.3) is 0 Å². The number of hydrogen-bond donors (Lipinski definition) is 0.